The SMILES string of the molecule is CCNC1CCCCC1c1nc(C(CC)OCC)no1. The number of likely N-dealkylation sites (N-methyl/N-ethyl adjacent to an activating group) is 1. The maximum absolute atomic E-state index is 5.65. The zero-order chi connectivity index (χ0) is 14.4. The molecule has 1 fully saturated rings. The molecule has 0 radical (unpaired) electrons. The second-order valence-corrected chi connectivity index (χ2v) is 5.40. The fraction of sp³-hybridized carbons (Fsp3) is 0.867. The van der Waals surface area contributed by atoms with Crippen molar-refractivity contribution >= 4 is 0 Å². The van der Waals surface area contributed by atoms with Crippen molar-refractivity contribution in [3.63, 3.8) is 0 Å². The van der Waals surface area contributed by atoms with Crippen molar-refractivity contribution in [2.24, 2.45) is 0 Å². The van der Waals surface area contributed by atoms with Crippen molar-refractivity contribution in [3.8, 4) is 0 Å². The highest BCUT2D eigenvalue weighted by atomic mass is 16.5. The molecular formula is C15H27N3O2. The first kappa shape index (κ1) is 15.4. The number of ether oxygens (including phenoxy) is 1. The van der Waals surface area contributed by atoms with Crippen LogP contribution < -0.4 is 5.32 Å². The average molecular weight is 281 g/mol. The van der Waals surface area contributed by atoms with E-state index in [4.69, 9.17) is 9.26 Å². The quantitative estimate of drug-likeness (QED) is 0.831. The molecule has 0 spiro atoms. The third kappa shape index (κ3) is 3.58. The lowest BCUT2D eigenvalue weighted by molar-refractivity contribution is 0.0518. The lowest BCUT2D eigenvalue weighted by Crippen LogP contribution is -2.37. The van der Waals surface area contributed by atoms with E-state index in [1.807, 2.05) is 6.92 Å². The maximum Gasteiger partial charge on any atom is 0.231 e. The van der Waals surface area contributed by atoms with Crippen LogP contribution in [0.4, 0.5) is 0 Å². The van der Waals surface area contributed by atoms with Crippen LogP contribution in [0.25, 0.3) is 0 Å². The Kier molecular flexibility index (Phi) is 5.98. The normalized spacial score (nSPS) is 24.8. The van der Waals surface area contributed by atoms with Gasteiger partial charge < -0.3 is 14.6 Å². The molecule has 0 aromatic carbocycles. The van der Waals surface area contributed by atoms with Crippen LogP contribution in [0.3, 0.4) is 0 Å². The van der Waals surface area contributed by atoms with E-state index >= 15 is 0 Å². The van der Waals surface area contributed by atoms with Crippen LogP contribution in [-0.4, -0.2) is 29.3 Å². The smallest absolute Gasteiger partial charge is 0.231 e. The number of rotatable bonds is 7. The summed E-state index contributed by atoms with van der Waals surface area (Å²) in [6, 6.07) is 0.467. The molecule has 0 saturated heterocycles. The zero-order valence-electron chi connectivity index (χ0n) is 12.9. The minimum Gasteiger partial charge on any atom is -0.370 e. The molecule has 0 bridgehead atoms. The van der Waals surface area contributed by atoms with Gasteiger partial charge in [0.2, 0.25) is 11.7 Å². The monoisotopic (exact) mass is 281 g/mol. The van der Waals surface area contributed by atoms with E-state index in [9.17, 15) is 0 Å². The van der Waals surface area contributed by atoms with Crippen LogP contribution in [0.1, 0.15) is 76.6 Å². The third-order valence-corrected chi connectivity index (χ3v) is 4.03. The average Bonchev–Trinajstić information content (AvgIpc) is 2.95. The standard InChI is InChI=1S/C15H27N3O2/c1-4-13(19-6-3)14-17-15(20-18-14)11-9-7-8-10-12(11)16-5-2/h11-13,16H,4-10H2,1-3H3. The van der Waals surface area contributed by atoms with Crippen LogP contribution in [0, 0.1) is 0 Å². The van der Waals surface area contributed by atoms with Crippen molar-refractivity contribution in [2.75, 3.05) is 13.2 Å². The van der Waals surface area contributed by atoms with E-state index < -0.39 is 0 Å². The van der Waals surface area contributed by atoms with Gasteiger partial charge in [-0.05, 0) is 32.7 Å². The molecule has 1 N–H and O–H groups in total. The molecule has 0 amide bonds. The van der Waals surface area contributed by atoms with Crippen LogP contribution >= 0.6 is 0 Å². The number of hydrogen-bond acceptors (Lipinski definition) is 5. The Labute approximate surface area is 121 Å². The molecule has 1 aliphatic rings. The molecule has 3 atom stereocenters. The predicted octanol–water partition coefficient (Wildman–Crippen LogP) is 3.19. The summed E-state index contributed by atoms with van der Waals surface area (Å²) in [7, 11) is 0. The van der Waals surface area contributed by atoms with Gasteiger partial charge in [0.15, 0.2) is 0 Å². The summed E-state index contributed by atoms with van der Waals surface area (Å²) in [4.78, 5) is 4.61. The summed E-state index contributed by atoms with van der Waals surface area (Å²) in [6.07, 6.45) is 5.68. The van der Waals surface area contributed by atoms with E-state index in [2.05, 4.69) is 29.3 Å². The highest BCUT2D eigenvalue weighted by molar-refractivity contribution is 5.02. The topological polar surface area (TPSA) is 60.2 Å². The first-order valence-corrected chi connectivity index (χ1v) is 7.98. The number of nitrogens with one attached hydrogen (secondary N) is 1. The second-order valence-electron chi connectivity index (χ2n) is 5.40. The van der Waals surface area contributed by atoms with Crippen molar-refractivity contribution in [1.82, 2.24) is 15.5 Å². The van der Waals surface area contributed by atoms with E-state index in [0.717, 1.165) is 25.3 Å². The van der Waals surface area contributed by atoms with Gasteiger partial charge in [0, 0.05) is 12.6 Å². The minimum absolute atomic E-state index is 0.0429. The first-order chi connectivity index (χ1) is 9.80. The fourth-order valence-corrected chi connectivity index (χ4v) is 3.04. The maximum atomic E-state index is 5.65. The lowest BCUT2D eigenvalue weighted by atomic mass is 9.84. The van der Waals surface area contributed by atoms with Gasteiger partial charge in [-0.25, -0.2) is 0 Å². The van der Waals surface area contributed by atoms with Gasteiger partial charge in [-0.2, -0.15) is 4.98 Å². The molecule has 3 unspecified atom stereocenters. The van der Waals surface area contributed by atoms with Crippen molar-refractivity contribution in [1.29, 1.82) is 0 Å². The molecule has 1 saturated carbocycles. The van der Waals surface area contributed by atoms with Crippen LogP contribution in [0.2, 0.25) is 0 Å². The van der Waals surface area contributed by atoms with Crippen molar-refractivity contribution < 1.29 is 9.26 Å². The molecule has 2 rings (SSSR count). The second kappa shape index (κ2) is 7.74. The number of hydrogen-bond donors (Lipinski definition) is 1. The molecule has 20 heavy (non-hydrogen) atoms. The third-order valence-electron chi connectivity index (χ3n) is 4.03. The van der Waals surface area contributed by atoms with Crippen molar-refractivity contribution in [3.05, 3.63) is 11.7 Å². The number of aromatic nitrogens is 2. The molecule has 1 aromatic rings. The Balaban J connectivity index is 2.09. The summed E-state index contributed by atoms with van der Waals surface area (Å²) >= 11 is 0. The molecule has 5 heteroatoms. The summed E-state index contributed by atoms with van der Waals surface area (Å²) in [5.41, 5.74) is 0. The van der Waals surface area contributed by atoms with Gasteiger partial charge in [-0.3, -0.25) is 0 Å². The largest absolute Gasteiger partial charge is 0.370 e. The molecule has 1 aliphatic carbocycles. The van der Waals surface area contributed by atoms with E-state index in [1.54, 1.807) is 0 Å². The van der Waals surface area contributed by atoms with E-state index in [-0.39, 0.29) is 6.10 Å². The van der Waals surface area contributed by atoms with Crippen molar-refractivity contribution in [2.45, 2.75) is 70.9 Å². The summed E-state index contributed by atoms with van der Waals surface area (Å²) in [6.45, 7) is 7.88. The Morgan fingerprint density at radius 1 is 1.30 bits per heavy atom. The van der Waals surface area contributed by atoms with Gasteiger partial charge in [-0.1, -0.05) is 31.8 Å². The molecule has 0 aliphatic heterocycles. The molecule has 114 valence electrons. The first-order valence-electron chi connectivity index (χ1n) is 7.98. The molecule has 5 nitrogen and oxygen atoms in total. The van der Waals surface area contributed by atoms with Gasteiger partial charge in [0.25, 0.3) is 0 Å². The Morgan fingerprint density at radius 2 is 2.10 bits per heavy atom. The predicted molar refractivity (Wildman–Crippen MR) is 77.6 cm³/mol. The summed E-state index contributed by atoms with van der Waals surface area (Å²) in [5, 5.41) is 7.69. The highest BCUT2D eigenvalue weighted by Crippen LogP contribution is 2.33. The summed E-state index contributed by atoms with van der Waals surface area (Å²) < 4.78 is 11.2. The summed E-state index contributed by atoms with van der Waals surface area (Å²) in [5.74, 6) is 1.83. The fourth-order valence-electron chi connectivity index (χ4n) is 3.04. The highest BCUT2D eigenvalue weighted by Gasteiger charge is 2.31. The van der Waals surface area contributed by atoms with Crippen LogP contribution in [0.15, 0.2) is 4.52 Å². The van der Waals surface area contributed by atoms with Gasteiger partial charge in [-0.15, -0.1) is 0 Å². The zero-order valence-corrected chi connectivity index (χ0v) is 12.9. The molecule has 1 aromatic heterocycles. The Hall–Kier alpha value is -0.940. The Morgan fingerprint density at radius 3 is 2.80 bits per heavy atom. The van der Waals surface area contributed by atoms with Gasteiger partial charge in [0.1, 0.15) is 6.10 Å². The molecule has 1 heterocycles. The van der Waals surface area contributed by atoms with Gasteiger partial charge >= 0.3 is 0 Å². The van der Waals surface area contributed by atoms with Crippen LogP contribution in [-0.2, 0) is 4.74 Å². The van der Waals surface area contributed by atoms with Crippen LogP contribution in [0.5, 0.6) is 0 Å². The Bertz CT molecular complexity index is 392. The number of nitrogens with zero attached hydrogens (tertiary/aromatic N) is 2. The van der Waals surface area contributed by atoms with E-state index in [1.165, 1.54) is 19.3 Å². The minimum atomic E-state index is -0.0429. The van der Waals surface area contributed by atoms with Gasteiger partial charge in [0.05, 0.1) is 5.92 Å². The lowest BCUT2D eigenvalue weighted by Gasteiger charge is -2.29. The molecular weight excluding hydrogens is 254 g/mol. The van der Waals surface area contributed by atoms with E-state index in [0.29, 0.717) is 24.4 Å².